The Balaban J connectivity index is 1.98. The van der Waals surface area contributed by atoms with E-state index in [1.807, 2.05) is 38.1 Å². The first-order valence-corrected chi connectivity index (χ1v) is 9.49. The first-order valence-electron chi connectivity index (χ1n) is 9.11. The second kappa shape index (κ2) is 8.93. The number of benzene rings is 3. The predicted molar refractivity (Wildman–Crippen MR) is 113 cm³/mol. The van der Waals surface area contributed by atoms with E-state index in [-0.39, 0.29) is 11.3 Å². The van der Waals surface area contributed by atoms with Crippen molar-refractivity contribution in [3.63, 3.8) is 0 Å². The van der Waals surface area contributed by atoms with Crippen molar-refractivity contribution >= 4 is 23.4 Å². The van der Waals surface area contributed by atoms with Gasteiger partial charge in [0.2, 0.25) is 5.78 Å². The van der Waals surface area contributed by atoms with Crippen LogP contribution in [-0.4, -0.2) is 18.9 Å². The van der Waals surface area contributed by atoms with E-state index in [1.54, 1.807) is 36.4 Å². The van der Waals surface area contributed by atoms with Crippen LogP contribution in [0.4, 0.5) is 0 Å². The molecule has 5 heteroatoms. The highest BCUT2D eigenvalue weighted by molar-refractivity contribution is 6.31. The summed E-state index contributed by atoms with van der Waals surface area (Å²) < 4.78 is 10.9. The first kappa shape index (κ1) is 20.6. The maximum absolute atomic E-state index is 13.2. The van der Waals surface area contributed by atoms with Crippen molar-refractivity contribution in [1.82, 2.24) is 0 Å². The van der Waals surface area contributed by atoms with Gasteiger partial charge in [0.1, 0.15) is 11.3 Å². The number of carbonyl (C=O) groups is 2. The van der Waals surface area contributed by atoms with Gasteiger partial charge < -0.3 is 9.47 Å². The van der Waals surface area contributed by atoms with Crippen LogP contribution in [0.25, 0.3) is 0 Å². The number of ether oxygens (including phenoxy) is 2. The molecule has 0 saturated heterocycles. The second-order valence-corrected chi connectivity index (χ2v) is 7.21. The lowest BCUT2D eigenvalue weighted by Crippen LogP contribution is -2.21. The van der Waals surface area contributed by atoms with Gasteiger partial charge in [0.05, 0.1) is 7.11 Å². The summed E-state index contributed by atoms with van der Waals surface area (Å²) in [6.45, 7) is 3.89. The molecule has 1 atom stereocenters. The molecule has 0 fully saturated rings. The van der Waals surface area contributed by atoms with E-state index in [9.17, 15) is 9.59 Å². The van der Waals surface area contributed by atoms with E-state index >= 15 is 0 Å². The van der Waals surface area contributed by atoms with E-state index in [4.69, 9.17) is 21.1 Å². The molecule has 0 amide bonds. The number of hydrogen-bond acceptors (Lipinski definition) is 4. The molecule has 29 heavy (non-hydrogen) atoms. The van der Waals surface area contributed by atoms with E-state index < -0.39 is 12.1 Å². The van der Waals surface area contributed by atoms with Gasteiger partial charge in [-0.25, -0.2) is 4.79 Å². The van der Waals surface area contributed by atoms with Crippen molar-refractivity contribution in [1.29, 1.82) is 0 Å². The minimum Gasteiger partial charge on any atom is -0.496 e. The Hall–Kier alpha value is -3.11. The van der Waals surface area contributed by atoms with Crippen molar-refractivity contribution in [2.24, 2.45) is 0 Å². The maximum atomic E-state index is 13.2. The molecule has 148 valence electrons. The Morgan fingerprint density at radius 1 is 0.862 bits per heavy atom. The molecule has 0 unspecified atom stereocenters. The molecule has 0 bridgehead atoms. The van der Waals surface area contributed by atoms with E-state index in [1.165, 1.54) is 13.2 Å². The van der Waals surface area contributed by atoms with Crippen LogP contribution < -0.4 is 4.74 Å². The van der Waals surface area contributed by atoms with Crippen LogP contribution >= 0.6 is 11.6 Å². The highest BCUT2D eigenvalue weighted by Gasteiger charge is 2.28. The normalized spacial score (nSPS) is 11.6. The lowest BCUT2D eigenvalue weighted by Gasteiger charge is -2.19. The van der Waals surface area contributed by atoms with Crippen LogP contribution in [0.2, 0.25) is 5.02 Å². The summed E-state index contributed by atoms with van der Waals surface area (Å²) >= 11 is 6.03. The Bertz CT molecular complexity index is 1020. The third-order valence-electron chi connectivity index (χ3n) is 4.56. The number of rotatable bonds is 6. The summed E-state index contributed by atoms with van der Waals surface area (Å²) in [4.78, 5) is 26.1. The lowest BCUT2D eigenvalue weighted by atomic mass is 9.98. The molecule has 0 aliphatic carbocycles. The number of methoxy groups -OCH3 is 1. The first-order chi connectivity index (χ1) is 13.9. The van der Waals surface area contributed by atoms with Gasteiger partial charge in [0.25, 0.3) is 0 Å². The number of aryl methyl sites for hydroxylation is 2. The zero-order valence-corrected chi connectivity index (χ0v) is 17.2. The number of Topliss-reactive ketones (excluding diaryl/α,β-unsaturated/α-hetero) is 1. The number of hydrogen-bond donors (Lipinski definition) is 0. The lowest BCUT2D eigenvalue weighted by molar-refractivity contribution is 0.0277. The fourth-order valence-corrected chi connectivity index (χ4v) is 3.07. The molecule has 3 rings (SSSR count). The Labute approximate surface area is 175 Å². The average Bonchev–Trinajstić information content (AvgIpc) is 2.72. The minimum atomic E-state index is -1.09. The second-order valence-electron chi connectivity index (χ2n) is 6.77. The molecule has 3 aromatic rings. The van der Waals surface area contributed by atoms with Gasteiger partial charge in [-0.15, -0.1) is 0 Å². The van der Waals surface area contributed by atoms with Crippen LogP contribution in [0.1, 0.15) is 43.5 Å². The molecule has 0 saturated carbocycles. The van der Waals surface area contributed by atoms with Crippen LogP contribution in [-0.2, 0) is 4.74 Å². The molecular weight excluding hydrogens is 388 g/mol. The zero-order valence-electron chi connectivity index (χ0n) is 16.4. The van der Waals surface area contributed by atoms with Crippen molar-refractivity contribution in [3.05, 3.63) is 99.6 Å². The molecule has 4 nitrogen and oxygen atoms in total. The summed E-state index contributed by atoms with van der Waals surface area (Å²) in [5.74, 6) is -0.663. The van der Waals surface area contributed by atoms with Gasteiger partial charge in [-0.1, -0.05) is 71.3 Å². The SMILES string of the molecule is COc1ccc(Cl)cc1C(=O)O[C@@H](C(=O)c1ccc(C)cc1)c1ccc(C)cc1. The molecule has 0 aliphatic heterocycles. The predicted octanol–water partition coefficient (Wildman–Crippen LogP) is 5.75. The molecule has 3 aromatic carbocycles. The van der Waals surface area contributed by atoms with E-state index in [2.05, 4.69) is 0 Å². The summed E-state index contributed by atoms with van der Waals surface area (Å²) in [6, 6.07) is 19.1. The Kier molecular flexibility index (Phi) is 6.35. The summed E-state index contributed by atoms with van der Waals surface area (Å²) in [5.41, 5.74) is 3.29. The summed E-state index contributed by atoms with van der Waals surface area (Å²) in [5, 5.41) is 0.370. The largest absolute Gasteiger partial charge is 0.496 e. The molecule has 0 N–H and O–H groups in total. The number of carbonyl (C=O) groups excluding carboxylic acids is 2. The molecule has 0 heterocycles. The Morgan fingerprint density at radius 2 is 1.45 bits per heavy atom. The van der Waals surface area contributed by atoms with Crippen molar-refractivity contribution < 1.29 is 19.1 Å². The smallest absolute Gasteiger partial charge is 0.343 e. The standard InChI is InChI=1S/C24H21ClO4/c1-15-4-8-17(9-5-15)22(26)23(18-10-6-16(2)7-11-18)29-24(27)20-14-19(25)12-13-21(20)28-3/h4-14,23H,1-3H3/t23-/m1/s1. The van der Waals surface area contributed by atoms with E-state index in [0.29, 0.717) is 21.9 Å². The molecule has 0 aromatic heterocycles. The van der Waals surface area contributed by atoms with Crippen molar-refractivity contribution in [3.8, 4) is 5.75 Å². The molecule has 0 spiro atoms. The minimum absolute atomic E-state index is 0.161. The van der Waals surface area contributed by atoms with Gasteiger partial charge in [-0.3, -0.25) is 4.79 Å². The monoisotopic (exact) mass is 408 g/mol. The van der Waals surface area contributed by atoms with Crippen LogP contribution in [0.5, 0.6) is 5.75 Å². The van der Waals surface area contributed by atoms with E-state index in [0.717, 1.165) is 11.1 Å². The van der Waals surface area contributed by atoms with Gasteiger partial charge in [-0.2, -0.15) is 0 Å². The van der Waals surface area contributed by atoms with Crippen LogP contribution in [0.3, 0.4) is 0 Å². The number of halogens is 1. The zero-order chi connectivity index (χ0) is 21.0. The van der Waals surface area contributed by atoms with Gasteiger partial charge in [0.15, 0.2) is 6.10 Å². The molecule has 0 radical (unpaired) electrons. The van der Waals surface area contributed by atoms with Crippen molar-refractivity contribution in [2.45, 2.75) is 20.0 Å². The quantitative estimate of drug-likeness (QED) is 0.385. The Morgan fingerprint density at radius 3 is 2.03 bits per heavy atom. The highest BCUT2D eigenvalue weighted by atomic mass is 35.5. The van der Waals surface area contributed by atoms with Crippen LogP contribution in [0, 0.1) is 13.8 Å². The topological polar surface area (TPSA) is 52.6 Å². The average molecular weight is 409 g/mol. The van der Waals surface area contributed by atoms with Gasteiger partial charge in [-0.05, 0) is 32.0 Å². The third-order valence-corrected chi connectivity index (χ3v) is 4.80. The van der Waals surface area contributed by atoms with Gasteiger partial charge in [0, 0.05) is 16.1 Å². The third kappa shape index (κ3) is 4.84. The number of ketones is 1. The van der Waals surface area contributed by atoms with Gasteiger partial charge >= 0.3 is 5.97 Å². The highest BCUT2D eigenvalue weighted by Crippen LogP contribution is 2.28. The molecule has 0 aliphatic rings. The fourth-order valence-electron chi connectivity index (χ4n) is 2.89. The van der Waals surface area contributed by atoms with Crippen LogP contribution in [0.15, 0.2) is 66.7 Å². The maximum Gasteiger partial charge on any atom is 0.343 e. The van der Waals surface area contributed by atoms with Crippen molar-refractivity contribution in [2.75, 3.05) is 7.11 Å². The summed E-state index contributed by atoms with van der Waals surface area (Å²) in [7, 11) is 1.45. The fraction of sp³-hybridized carbons (Fsp3) is 0.167. The number of esters is 1. The summed E-state index contributed by atoms with van der Waals surface area (Å²) in [6.07, 6.45) is -1.09. The molecular formula is C24H21ClO4.